The number of carbonyl (C=O) groups is 2. The second kappa shape index (κ2) is 8.11. The predicted molar refractivity (Wildman–Crippen MR) is 74.7 cm³/mol. The van der Waals surface area contributed by atoms with E-state index in [9.17, 15) is 9.59 Å². The molecule has 1 aromatic carbocycles. The molecular weight excluding hydrogens is 278 g/mol. The Kier molecular flexibility index (Phi) is 6.48. The zero-order valence-electron chi connectivity index (χ0n) is 12.2. The fourth-order valence-electron chi connectivity index (χ4n) is 1.85. The molecule has 1 aromatic rings. The number of carboxylic acid groups (broad SMARTS) is 1. The standard InChI is InChI=1S/C14H19NO6/c1-19-8-10(14(17)18)15-13(16)7-9-11(20-2)5-4-6-12(9)21-3/h4-6,10H,7-8H2,1-3H3,(H,15,16)(H,17,18). The molecule has 2 N–H and O–H groups in total. The molecule has 0 bridgehead atoms. The van der Waals surface area contributed by atoms with Gasteiger partial charge >= 0.3 is 5.97 Å². The minimum atomic E-state index is -1.16. The Morgan fingerprint density at radius 1 is 1.19 bits per heavy atom. The molecule has 1 atom stereocenters. The normalized spacial score (nSPS) is 11.6. The van der Waals surface area contributed by atoms with Gasteiger partial charge in [-0.2, -0.15) is 0 Å². The van der Waals surface area contributed by atoms with Crippen LogP contribution in [0.5, 0.6) is 11.5 Å². The van der Waals surface area contributed by atoms with Gasteiger partial charge in [-0.25, -0.2) is 4.79 Å². The fourth-order valence-corrected chi connectivity index (χ4v) is 1.85. The van der Waals surface area contributed by atoms with Crippen LogP contribution in [0.1, 0.15) is 5.56 Å². The number of methoxy groups -OCH3 is 3. The average molecular weight is 297 g/mol. The maximum absolute atomic E-state index is 12.0. The van der Waals surface area contributed by atoms with E-state index in [1.54, 1.807) is 18.2 Å². The van der Waals surface area contributed by atoms with Crippen molar-refractivity contribution in [2.24, 2.45) is 0 Å². The number of carboxylic acids is 1. The third-order valence-electron chi connectivity index (χ3n) is 2.83. The van der Waals surface area contributed by atoms with Gasteiger partial charge in [-0.15, -0.1) is 0 Å². The zero-order valence-corrected chi connectivity index (χ0v) is 12.2. The van der Waals surface area contributed by atoms with Crippen LogP contribution in [0.4, 0.5) is 0 Å². The Hall–Kier alpha value is -2.28. The van der Waals surface area contributed by atoms with E-state index in [0.29, 0.717) is 17.1 Å². The smallest absolute Gasteiger partial charge is 0.328 e. The zero-order chi connectivity index (χ0) is 15.8. The van der Waals surface area contributed by atoms with Crippen LogP contribution in [0.15, 0.2) is 18.2 Å². The first-order valence-corrected chi connectivity index (χ1v) is 6.24. The molecule has 0 saturated heterocycles. The van der Waals surface area contributed by atoms with Crippen molar-refractivity contribution in [2.45, 2.75) is 12.5 Å². The van der Waals surface area contributed by atoms with Gasteiger partial charge in [-0.3, -0.25) is 4.79 Å². The average Bonchev–Trinajstić information content (AvgIpc) is 2.46. The second-order valence-corrected chi connectivity index (χ2v) is 4.23. The van der Waals surface area contributed by atoms with Gasteiger partial charge in [-0.05, 0) is 12.1 Å². The number of nitrogens with one attached hydrogen (secondary N) is 1. The third kappa shape index (κ3) is 4.64. The highest BCUT2D eigenvalue weighted by Crippen LogP contribution is 2.28. The maximum Gasteiger partial charge on any atom is 0.328 e. The van der Waals surface area contributed by atoms with Gasteiger partial charge in [0.1, 0.15) is 11.5 Å². The van der Waals surface area contributed by atoms with Crippen molar-refractivity contribution < 1.29 is 28.9 Å². The van der Waals surface area contributed by atoms with Crippen molar-refractivity contribution in [3.63, 3.8) is 0 Å². The summed E-state index contributed by atoms with van der Waals surface area (Å²) in [5.74, 6) is -0.606. The van der Waals surface area contributed by atoms with E-state index in [-0.39, 0.29) is 13.0 Å². The monoisotopic (exact) mass is 297 g/mol. The van der Waals surface area contributed by atoms with Crippen molar-refractivity contribution >= 4 is 11.9 Å². The molecule has 0 spiro atoms. The number of benzene rings is 1. The largest absolute Gasteiger partial charge is 0.496 e. The molecule has 21 heavy (non-hydrogen) atoms. The molecule has 0 aliphatic rings. The van der Waals surface area contributed by atoms with Gasteiger partial charge in [0, 0.05) is 12.7 Å². The van der Waals surface area contributed by atoms with Crippen molar-refractivity contribution in [1.82, 2.24) is 5.32 Å². The lowest BCUT2D eigenvalue weighted by molar-refractivity contribution is -0.143. The summed E-state index contributed by atoms with van der Waals surface area (Å²) in [6, 6.07) is 4.05. The summed E-state index contributed by atoms with van der Waals surface area (Å²) >= 11 is 0. The molecule has 0 saturated carbocycles. The van der Waals surface area contributed by atoms with Gasteiger partial charge in [-0.1, -0.05) is 6.07 Å². The summed E-state index contributed by atoms with van der Waals surface area (Å²) in [5, 5.41) is 11.4. The molecule has 0 aliphatic heterocycles. The first kappa shape index (κ1) is 16.8. The number of hydrogen-bond donors (Lipinski definition) is 2. The number of ether oxygens (including phenoxy) is 3. The van der Waals surface area contributed by atoms with Gasteiger partial charge < -0.3 is 24.6 Å². The van der Waals surface area contributed by atoms with E-state index < -0.39 is 17.9 Å². The van der Waals surface area contributed by atoms with Crippen molar-refractivity contribution in [1.29, 1.82) is 0 Å². The van der Waals surface area contributed by atoms with Crippen LogP contribution in [0, 0.1) is 0 Å². The van der Waals surface area contributed by atoms with E-state index >= 15 is 0 Å². The summed E-state index contributed by atoms with van der Waals surface area (Å²) in [6.07, 6.45) is -0.0549. The van der Waals surface area contributed by atoms with Crippen LogP contribution >= 0.6 is 0 Å². The van der Waals surface area contributed by atoms with Crippen LogP contribution in [-0.4, -0.2) is 51.0 Å². The summed E-state index contributed by atoms with van der Waals surface area (Å²) in [4.78, 5) is 23.0. The molecule has 0 radical (unpaired) electrons. The van der Waals surface area contributed by atoms with Crippen molar-refractivity contribution in [3.8, 4) is 11.5 Å². The van der Waals surface area contributed by atoms with Gasteiger partial charge in [0.2, 0.25) is 5.91 Å². The SMILES string of the molecule is COCC(NC(=O)Cc1c(OC)cccc1OC)C(=O)O. The van der Waals surface area contributed by atoms with Crippen LogP contribution < -0.4 is 14.8 Å². The Morgan fingerprint density at radius 3 is 2.19 bits per heavy atom. The summed E-state index contributed by atoms with van der Waals surface area (Å²) in [5.41, 5.74) is 0.557. The fraction of sp³-hybridized carbons (Fsp3) is 0.429. The van der Waals surface area contributed by atoms with Crippen molar-refractivity contribution in [3.05, 3.63) is 23.8 Å². The van der Waals surface area contributed by atoms with E-state index in [1.807, 2.05) is 0 Å². The molecular formula is C14H19NO6. The number of hydrogen-bond acceptors (Lipinski definition) is 5. The van der Waals surface area contributed by atoms with Crippen LogP contribution in [-0.2, 0) is 20.7 Å². The van der Waals surface area contributed by atoms with Gasteiger partial charge in [0.25, 0.3) is 0 Å². The molecule has 0 heterocycles. The molecule has 1 amide bonds. The lowest BCUT2D eigenvalue weighted by Gasteiger charge is -2.16. The van der Waals surface area contributed by atoms with E-state index in [0.717, 1.165) is 0 Å². The van der Waals surface area contributed by atoms with Crippen LogP contribution in [0.2, 0.25) is 0 Å². The van der Waals surface area contributed by atoms with Gasteiger partial charge in [0.15, 0.2) is 6.04 Å². The van der Waals surface area contributed by atoms with E-state index in [1.165, 1.54) is 21.3 Å². The topological polar surface area (TPSA) is 94.1 Å². The second-order valence-electron chi connectivity index (χ2n) is 4.23. The minimum absolute atomic E-state index is 0.0549. The van der Waals surface area contributed by atoms with Crippen LogP contribution in [0.3, 0.4) is 0 Å². The van der Waals surface area contributed by atoms with E-state index in [2.05, 4.69) is 5.32 Å². The van der Waals surface area contributed by atoms with Crippen LogP contribution in [0.25, 0.3) is 0 Å². The first-order valence-electron chi connectivity index (χ1n) is 6.24. The molecule has 7 nitrogen and oxygen atoms in total. The number of rotatable bonds is 8. The predicted octanol–water partition coefficient (Wildman–Crippen LogP) is 0.462. The molecule has 0 aromatic heterocycles. The molecule has 7 heteroatoms. The Balaban J connectivity index is 2.85. The molecule has 0 aliphatic carbocycles. The van der Waals surface area contributed by atoms with E-state index in [4.69, 9.17) is 19.3 Å². The number of carbonyl (C=O) groups excluding carboxylic acids is 1. The molecule has 116 valence electrons. The Morgan fingerprint density at radius 2 is 1.76 bits per heavy atom. The molecule has 1 unspecified atom stereocenters. The molecule has 1 rings (SSSR count). The Bertz CT molecular complexity index is 480. The highest BCUT2D eigenvalue weighted by molar-refractivity contribution is 5.85. The maximum atomic E-state index is 12.0. The lowest BCUT2D eigenvalue weighted by atomic mass is 10.1. The van der Waals surface area contributed by atoms with Gasteiger partial charge in [0.05, 0.1) is 27.2 Å². The highest BCUT2D eigenvalue weighted by atomic mass is 16.5. The number of amides is 1. The van der Waals surface area contributed by atoms with Crippen molar-refractivity contribution in [2.75, 3.05) is 27.9 Å². The summed E-state index contributed by atoms with van der Waals surface area (Å²) < 4.78 is 15.1. The first-order chi connectivity index (χ1) is 10.0. The molecule has 0 fully saturated rings. The summed E-state index contributed by atoms with van der Waals surface area (Å²) in [7, 11) is 4.34. The highest BCUT2D eigenvalue weighted by Gasteiger charge is 2.21. The minimum Gasteiger partial charge on any atom is -0.496 e. The summed E-state index contributed by atoms with van der Waals surface area (Å²) in [6.45, 7) is -0.107. The number of aliphatic carboxylic acids is 1. The lowest BCUT2D eigenvalue weighted by Crippen LogP contribution is -2.44. The Labute approximate surface area is 122 Å². The third-order valence-corrected chi connectivity index (χ3v) is 2.83. The quantitative estimate of drug-likeness (QED) is 0.724.